The van der Waals surface area contributed by atoms with Gasteiger partial charge >= 0.3 is 0 Å². The topological polar surface area (TPSA) is 69.2 Å². The highest BCUT2D eigenvalue weighted by atomic mass is 16.5. The van der Waals surface area contributed by atoms with Crippen LogP contribution in [0.1, 0.15) is 20.3 Å². The molecule has 1 unspecified atom stereocenters. The van der Waals surface area contributed by atoms with Gasteiger partial charge in [0.2, 0.25) is 11.8 Å². The standard InChI is InChI=1S/C14H23N5O/c1-5-10(2)18(3)8-9-19-13-11(16-14(19)15)6-7-12(17-13)20-4/h6-7,10H,5,8-9H2,1-4H3,(H2,15,16). The molecular formula is C14H23N5O. The van der Waals surface area contributed by atoms with Crippen LogP contribution in [0.2, 0.25) is 0 Å². The summed E-state index contributed by atoms with van der Waals surface area (Å²) in [4.78, 5) is 11.1. The highest BCUT2D eigenvalue weighted by molar-refractivity contribution is 5.74. The van der Waals surface area contributed by atoms with Crippen LogP contribution in [-0.2, 0) is 6.54 Å². The van der Waals surface area contributed by atoms with Crippen molar-refractivity contribution >= 4 is 17.1 Å². The third-order valence-corrected chi connectivity index (χ3v) is 3.82. The summed E-state index contributed by atoms with van der Waals surface area (Å²) in [5.41, 5.74) is 7.57. The van der Waals surface area contributed by atoms with Crippen molar-refractivity contribution in [1.29, 1.82) is 0 Å². The van der Waals surface area contributed by atoms with Gasteiger partial charge in [0.25, 0.3) is 0 Å². The summed E-state index contributed by atoms with van der Waals surface area (Å²) >= 11 is 0. The molecule has 0 aromatic carbocycles. The van der Waals surface area contributed by atoms with E-state index in [1.807, 2.05) is 10.6 Å². The second-order valence-corrected chi connectivity index (χ2v) is 5.06. The number of nitrogen functional groups attached to an aromatic ring is 1. The van der Waals surface area contributed by atoms with Gasteiger partial charge in [-0.2, -0.15) is 4.98 Å². The lowest BCUT2D eigenvalue weighted by Crippen LogP contribution is -2.31. The van der Waals surface area contributed by atoms with Crippen LogP contribution in [0.4, 0.5) is 5.95 Å². The number of nitrogens with zero attached hydrogens (tertiary/aromatic N) is 4. The lowest BCUT2D eigenvalue weighted by atomic mass is 10.2. The zero-order valence-corrected chi connectivity index (χ0v) is 12.6. The van der Waals surface area contributed by atoms with Gasteiger partial charge in [-0.15, -0.1) is 0 Å². The SMILES string of the molecule is CCC(C)N(C)CCn1c(N)nc2ccc(OC)nc21. The number of hydrogen-bond acceptors (Lipinski definition) is 5. The van der Waals surface area contributed by atoms with E-state index in [4.69, 9.17) is 10.5 Å². The molecule has 6 heteroatoms. The van der Waals surface area contributed by atoms with E-state index in [0.717, 1.165) is 30.7 Å². The molecule has 2 heterocycles. The Morgan fingerprint density at radius 2 is 2.15 bits per heavy atom. The molecule has 0 saturated heterocycles. The molecule has 2 aromatic heterocycles. The van der Waals surface area contributed by atoms with Crippen molar-refractivity contribution in [2.75, 3.05) is 26.4 Å². The molecule has 2 aromatic rings. The fraction of sp³-hybridized carbons (Fsp3) is 0.571. The van der Waals surface area contributed by atoms with Gasteiger partial charge in [0.05, 0.1) is 7.11 Å². The summed E-state index contributed by atoms with van der Waals surface area (Å²) in [5.74, 6) is 1.08. The molecule has 0 saturated carbocycles. The Bertz CT molecular complexity index is 580. The Hall–Kier alpha value is -1.82. The fourth-order valence-electron chi connectivity index (χ4n) is 2.13. The van der Waals surface area contributed by atoms with E-state index in [1.165, 1.54) is 0 Å². The quantitative estimate of drug-likeness (QED) is 0.871. The number of pyridine rings is 1. The van der Waals surface area contributed by atoms with E-state index < -0.39 is 0 Å². The second kappa shape index (κ2) is 6.09. The fourth-order valence-corrected chi connectivity index (χ4v) is 2.13. The average molecular weight is 277 g/mol. The Morgan fingerprint density at radius 3 is 2.80 bits per heavy atom. The summed E-state index contributed by atoms with van der Waals surface area (Å²) in [6.07, 6.45) is 1.13. The van der Waals surface area contributed by atoms with Crippen LogP contribution >= 0.6 is 0 Å². The molecule has 2 rings (SSSR count). The van der Waals surface area contributed by atoms with E-state index >= 15 is 0 Å². The Morgan fingerprint density at radius 1 is 1.40 bits per heavy atom. The molecule has 0 aliphatic carbocycles. The van der Waals surface area contributed by atoms with Crippen LogP contribution in [-0.4, -0.2) is 46.2 Å². The van der Waals surface area contributed by atoms with Crippen molar-refractivity contribution in [3.05, 3.63) is 12.1 Å². The lowest BCUT2D eigenvalue weighted by molar-refractivity contribution is 0.244. The van der Waals surface area contributed by atoms with E-state index in [0.29, 0.717) is 17.9 Å². The average Bonchev–Trinajstić information content (AvgIpc) is 2.78. The summed E-state index contributed by atoms with van der Waals surface area (Å²) in [7, 11) is 3.73. The number of fused-ring (bicyclic) bond motifs is 1. The van der Waals surface area contributed by atoms with E-state index in [-0.39, 0.29) is 0 Å². The third-order valence-electron chi connectivity index (χ3n) is 3.82. The van der Waals surface area contributed by atoms with Crippen LogP contribution in [0.3, 0.4) is 0 Å². The van der Waals surface area contributed by atoms with E-state index in [1.54, 1.807) is 13.2 Å². The summed E-state index contributed by atoms with van der Waals surface area (Å²) in [6, 6.07) is 4.23. The number of likely N-dealkylation sites (N-methyl/N-ethyl adjacent to an activating group) is 1. The molecule has 0 aliphatic rings. The van der Waals surface area contributed by atoms with Crippen LogP contribution < -0.4 is 10.5 Å². The zero-order valence-electron chi connectivity index (χ0n) is 12.6. The predicted octanol–water partition coefficient (Wildman–Crippen LogP) is 1.75. The molecule has 0 bridgehead atoms. The normalized spacial score (nSPS) is 13.1. The molecule has 0 amide bonds. The van der Waals surface area contributed by atoms with Gasteiger partial charge in [-0.05, 0) is 26.5 Å². The summed E-state index contributed by atoms with van der Waals surface area (Å²) in [6.45, 7) is 6.08. The van der Waals surface area contributed by atoms with Gasteiger partial charge in [0.15, 0.2) is 5.65 Å². The molecule has 0 fully saturated rings. The lowest BCUT2D eigenvalue weighted by Gasteiger charge is -2.23. The van der Waals surface area contributed by atoms with Crippen molar-refractivity contribution in [3.63, 3.8) is 0 Å². The molecule has 1 atom stereocenters. The molecule has 0 spiro atoms. The number of aromatic nitrogens is 3. The number of methoxy groups -OCH3 is 1. The molecule has 0 radical (unpaired) electrons. The summed E-state index contributed by atoms with van der Waals surface area (Å²) in [5, 5.41) is 0. The molecule has 110 valence electrons. The highest BCUT2D eigenvalue weighted by Crippen LogP contribution is 2.19. The number of anilines is 1. The van der Waals surface area contributed by atoms with Crippen LogP contribution in [0.5, 0.6) is 5.88 Å². The number of hydrogen-bond donors (Lipinski definition) is 1. The first kappa shape index (κ1) is 14.6. The smallest absolute Gasteiger partial charge is 0.215 e. The maximum absolute atomic E-state index is 5.99. The first-order valence-electron chi connectivity index (χ1n) is 6.93. The van der Waals surface area contributed by atoms with Crippen LogP contribution in [0, 0.1) is 0 Å². The minimum Gasteiger partial charge on any atom is -0.481 e. The Balaban J connectivity index is 2.22. The molecule has 0 aliphatic heterocycles. The number of imidazole rings is 1. The van der Waals surface area contributed by atoms with Gasteiger partial charge in [-0.25, -0.2) is 4.98 Å². The van der Waals surface area contributed by atoms with Crippen LogP contribution in [0.15, 0.2) is 12.1 Å². The van der Waals surface area contributed by atoms with E-state index in [2.05, 4.69) is 35.8 Å². The largest absolute Gasteiger partial charge is 0.481 e. The van der Waals surface area contributed by atoms with Gasteiger partial charge in [-0.1, -0.05) is 6.92 Å². The molecule has 20 heavy (non-hydrogen) atoms. The van der Waals surface area contributed by atoms with Gasteiger partial charge in [0.1, 0.15) is 5.52 Å². The Labute approximate surface area is 119 Å². The number of rotatable bonds is 6. The molecular weight excluding hydrogens is 254 g/mol. The van der Waals surface area contributed by atoms with Crippen LogP contribution in [0.25, 0.3) is 11.2 Å². The number of ether oxygens (including phenoxy) is 1. The van der Waals surface area contributed by atoms with Crippen molar-refractivity contribution in [2.45, 2.75) is 32.9 Å². The predicted molar refractivity (Wildman–Crippen MR) is 80.9 cm³/mol. The van der Waals surface area contributed by atoms with Gasteiger partial charge < -0.3 is 15.4 Å². The highest BCUT2D eigenvalue weighted by Gasteiger charge is 2.12. The maximum atomic E-state index is 5.99. The first-order chi connectivity index (χ1) is 9.56. The molecule has 6 nitrogen and oxygen atoms in total. The Kier molecular flexibility index (Phi) is 4.44. The van der Waals surface area contributed by atoms with Gasteiger partial charge in [0, 0.05) is 25.2 Å². The van der Waals surface area contributed by atoms with Crippen molar-refractivity contribution in [1.82, 2.24) is 19.4 Å². The maximum Gasteiger partial charge on any atom is 0.215 e. The second-order valence-electron chi connectivity index (χ2n) is 5.06. The third kappa shape index (κ3) is 2.85. The van der Waals surface area contributed by atoms with Crippen molar-refractivity contribution in [2.24, 2.45) is 0 Å². The van der Waals surface area contributed by atoms with E-state index in [9.17, 15) is 0 Å². The molecule has 2 N–H and O–H groups in total. The minimum absolute atomic E-state index is 0.498. The zero-order chi connectivity index (χ0) is 14.7. The van der Waals surface area contributed by atoms with Crippen molar-refractivity contribution in [3.8, 4) is 5.88 Å². The monoisotopic (exact) mass is 277 g/mol. The van der Waals surface area contributed by atoms with Gasteiger partial charge in [-0.3, -0.25) is 4.57 Å². The van der Waals surface area contributed by atoms with Crippen molar-refractivity contribution < 1.29 is 4.74 Å². The minimum atomic E-state index is 0.498. The summed E-state index contributed by atoms with van der Waals surface area (Å²) < 4.78 is 7.11. The first-order valence-corrected chi connectivity index (χ1v) is 6.93. The number of nitrogens with two attached hydrogens (primary N) is 1.